The van der Waals surface area contributed by atoms with E-state index in [4.69, 9.17) is 16.3 Å². The lowest BCUT2D eigenvalue weighted by Crippen LogP contribution is -2.22. The zero-order valence-corrected chi connectivity index (χ0v) is 13.8. The van der Waals surface area contributed by atoms with Gasteiger partial charge in [-0.2, -0.15) is 0 Å². The van der Waals surface area contributed by atoms with E-state index in [1.54, 1.807) is 7.11 Å². The lowest BCUT2D eigenvalue weighted by Gasteiger charge is -2.22. The van der Waals surface area contributed by atoms with E-state index in [0.717, 1.165) is 34.0 Å². The maximum absolute atomic E-state index is 6.51. The highest BCUT2D eigenvalue weighted by molar-refractivity contribution is 6.32. The van der Waals surface area contributed by atoms with Crippen molar-refractivity contribution in [1.29, 1.82) is 0 Å². The van der Waals surface area contributed by atoms with Crippen molar-refractivity contribution in [3.63, 3.8) is 0 Å². The van der Waals surface area contributed by atoms with Gasteiger partial charge in [0, 0.05) is 5.02 Å². The van der Waals surface area contributed by atoms with Crippen LogP contribution in [0.3, 0.4) is 0 Å². The molecule has 0 bridgehead atoms. The predicted octanol–water partition coefficient (Wildman–Crippen LogP) is 4.66. The Labute approximate surface area is 132 Å². The summed E-state index contributed by atoms with van der Waals surface area (Å²) in [5, 5.41) is 4.35. The first kappa shape index (κ1) is 15.9. The smallest absolute Gasteiger partial charge is 0.121 e. The van der Waals surface area contributed by atoms with Crippen LogP contribution < -0.4 is 10.1 Å². The molecule has 2 aromatic carbocycles. The number of hydrogen-bond donors (Lipinski definition) is 1. The summed E-state index contributed by atoms with van der Waals surface area (Å²) >= 11 is 6.51. The highest BCUT2D eigenvalue weighted by Gasteiger charge is 2.17. The molecule has 0 aliphatic rings. The Morgan fingerprint density at radius 1 is 1.14 bits per heavy atom. The first-order valence-corrected chi connectivity index (χ1v) is 7.59. The van der Waals surface area contributed by atoms with Crippen molar-refractivity contribution >= 4 is 11.6 Å². The number of hydrogen-bond acceptors (Lipinski definition) is 2. The van der Waals surface area contributed by atoms with Crippen LogP contribution in [0, 0.1) is 13.8 Å². The van der Waals surface area contributed by atoms with E-state index in [9.17, 15) is 0 Å². The number of rotatable bonds is 5. The molecule has 21 heavy (non-hydrogen) atoms. The molecule has 0 saturated heterocycles. The molecule has 1 atom stereocenters. The minimum Gasteiger partial charge on any atom is -0.496 e. The van der Waals surface area contributed by atoms with Gasteiger partial charge < -0.3 is 10.1 Å². The zero-order chi connectivity index (χ0) is 15.4. The summed E-state index contributed by atoms with van der Waals surface area (Å²) in [6.07, 6.45) is 0. The summed E-state index contributed by atoms with van der Waals surface area (Å²) in [4.78, 5) is 0. The van der Waals surface area contributed by atoms with Gasteiger partial charge in [-0.3, -0.25) is 0 Å². The van der Waals surface area contributed by atoms with Crippen LogP contribution in [-0.4, -0.2) is 13.7 Å². The van der Waals surface area contributed by atoms with Gasteiger partial charge in [-0.25, -0.2) is 0 Å². The molecule has 0 saturated carbocycles. The zero-order valence-electron chi connectivity index (χ0n) is 13.0. The molecule has 0 amide bonds. The van der Waals surface area contributed by atoms with Gasteiger partial charge in [-0.1, -0.05) is 48.9 Å². The standard InChI is InChI=1S/C18H22ClNO/c1-5-20-18(15-8-6-7-12(2)17(15)19)14-9-10-16(21-4)13(3)11-14/h6-11,18,20H,5H2,1-4H3. The van der Waals surface area contributed by atoms with Crippen LogP contribution in [0.25, 0.3) is 0 Å². The Morgan fingerprint density at radius 2 is 1.90 bits per heavy atom. The fourth-order valence-electron chi connectivity index (χ4n) is 2.59. The number of nitrogens with one attached hydrogen (secondary N) is 1. The van der Waals surface area contributed by atoms with Gasteiger partial charge in [-0.15, -0.1) is 0 Å². The van der Waals surface area contributed by atoms with Crippen molar-refractivity contribution in [2.45, 2.75) is 26.8 Å². The lowest BCUT2D eigenvalue weighted by atomic mass is 9.95. The van der Waals surface area contributed by atoms with Crippen molar-refractivity contribution in [3.05, 3.63) is 63.7 Å². The maximum atomic E-state index is 6.51. The van der Waals surface area contributed by atoms with Crippen LogP contribution in [-0.2, 0) is 0 Å². The maximum Gasteiger partial charge on any atom is 0.121 e. The molecule has 3 heteroatoms. The Morgan fingerprint density at radius 3 is 2.52 bits per heavy atom. The SMILES string of the molecule is CCNC(c1ccc(OC)c(C)c1)c1cccc(C)c1Cl. The second kappa shape index (κ2) is 6.97. The van der Waals surface area contributed by atoms with Crippen molar-refractivity contribution in [2.24, 2.45) is 0 Å². The van der Waals surface area contributed by atoms with Gasteiger partial charge in [0.05, 0.1) is 13.2 Å². The largest absolute Gasteiger partial charge is 0.496 e. The van der Waals surface area contributed by atoms with Crippen molar-refractivity contribution in [3.8, 4) is 5.75 Å². The van der Waals surface area contributed by atoms with Crippen LogP contribution >= 0.6 is 11.6 Å². The molecule has 0 heterocycles. The van der Waals surface area contributed by atoms with Crippen LogP contribution in [0.1, 0.15) is 35.2 Å². The third kappa shape index (κ3) is 3.39. The third-order valence-corrected chi connectivity index (χ3v) is 4.21. The molecule has 0 aliphatic heterocycles. The van der Waals surface area contributed by atoms with Gasteiger partial charge in [0.15, 0.2) is 0 Å². The van der Waals surface area contributed by atoms with Crippen LogP contribution in [0.2, 0.25) is 5.02 Å². The van der Waals surface area contributed by atoms with E-state index in [1.807, 2.05) is 19.1 Å². The number of benzene rings is 2. The fourth-order valence-corrected chi connectivity index (χ4v) is 2.82. The second-order valence-corrected chi connectivity index (χ2v) is 5.58. The predicted molar refractivity (Wildman–Crippen MR) is 89.4 cm³/mol. The van der Waals surface area contributed by atoms with Crippen molar-refractivity contribution in [2.75, 3.05) is 13.7 Å². The molecule has 0 radical (unpaired) electrons. The molecule has 112 valence electrons. The molecule has 1 unspecified atom stereocenters. The van der Waals surface area contributed by atoms with Gasteiger partial charge in [0.2, 0.25) is 0 Å². The molecular formula is C18H22ClNO. The minimum atomic E-state index is 0.0898. The van der Waals surface area contributed by atoms with E-state index in [1.165, 1.54) is 5.56 Å². The summed E-state index contributed by atoms with van der Waals surface area (Å²) in [6.45, 7) is 7.07. The van der Waals surface area contributed by atoms with Crippen molar-refractivity contribution in [1.82, 2.24) is 5.32 Å². The molecule has 0 fully saturated rings. The summed E-state index contributed by atoms with van der Waals surface area (Å²) in [7, 11) is 1.70. The first-order valence-electron chi connectivity index (χ1n) is 7.21. The van der Waals surface area contributed by atoms with E-state index in [-0.39, 0.29) is 6.04 Å². The third-order valence-electron chi connectivity index (χ3n) is 3.69. The normalized spacial score (nSPS) is 12.2. The van der Waals surface area contributed by atoms with Gasteiger partial charge in [-0.05, 0) is 48.7 Å². The summed E-state index contributed by atoms with van der Waals surface area (Å²) in [6, 6.07) is 12.5. The highest BCUT2D eigenvalue weighted by atomic mass is 35.5. The summed E-state index contributed by atoms with van der Waals surface area (Å²) < 4.78 is 5.34. The van der Waals surface area contributed by atoms with E-state index >= 15 is 0 Å². The highest BCUT2D eigenvalue weighted by Crippen LogP contribution is 2.32. The Balaban J connectivity index is 2.48. The topological polar surface area (TPSA) is 21.3 Å². The quantitative estimate of drug-likeness (QED) is 0.867. The molecule has 2 aromatic rings. The Hall–Kier alpha value is -1.51. The molecule has 1 N–H and O–H groups in total. The molecule has 2 nitrogen and oxygen atoms in total. The van der Waals surface area contributed by atoms with Crippen molar-refractivity contribution < 1.29 is 4.74 Å². The van der Waals surface area contributed by atoms with Crippen LogP contribution in [0.4, 0.5) is 0 Å². The average Bonchev–Trinajstić information content (AvgIpc) is 2.48. The van der Waals surface area contributed by atoms with E-state index in [2.05, 4.69) is 43.4 Å². The van der Waals surface area contributed by atoms with Crippen LogP contribution in [0.15, 0.2) is 36.4 Å². The van der Waals surface area contributed by atoms with Gasteiger partial charge in [0.1, 0.15) is 5.75 Å². The molecular weight excluding hydrogens is 282 g/mol. The molecule has 0 spiro atoms. The Kier molecular flexibility index (Phi) is 5.27. The second-order valence-electron chi connectivity index (χ2n) is 5.20. The summed E-state index contributed by atoms with van der Waals surface area (Å²) in [5.74, 6) is 0.907. The molecule has 0 aliphatic carbocycles. The van der Waals surface area contributed by atoms with E-state index in [0.29, 0.717) is 0 Å². The summed E-state index contributed by atoms with van der Waals surface area (Å²) in [5.41, 5.74) is 4.54. The van der Waals surface area contributed by atoms with Gasteiger partial charge >= 0.3 is 0 Å². The average molecular weight is 304 g/mol. The number of aryl methyl sites for hydroxylation is 2. The number of methoxy groups -OCH3 is 1. The lowest BCUT2D eigenvalue weighted by molar-refractivity contribution is 0.411. The van der Waals surface area contributed by atoms with Crippen LogP contribution in [0.5, 0.6) is 5.75 Å². The minimum absolute atomic E-state index is 0.0898. The first-order chi connectivity index (χ1) is 10.1. The number of ether oxygens (including phenoxy) is 1. The monoisotopic (exact) mass is 303 g/mol. The molecule has 0 aromatic heterocycles. The number of halogens is 1. The Bertz CT molecular complexity index is 625. The van der Waals surface area contributed by atoms with Gasteiger partial charge in [0.25, 0.3) is 0 Å². The fraction of sp³-hybridized carbons (Fsp3) is 0.333. The molecule has 2 rings (SSSR count). The van der Waals surface area contributed by atoms with E-state index < -0.39 is 0 Å².